The van der Waals surface area contributed by atoms with Crippen LogP contribution >= 0.6 is 15.9 Å². The van der Waals surface area contributed by atoms with Crippen LogP contribution in [0.25, 0.3) is 0 Å². The van der Waals surface area contributed by atoms with Crippen molar-refractivity contribution in [1.29, 1.82) is 0 Å². The smallest absolute Gasteiger partial charge is 0.257 e. The van der Waals surface area contributed by atoms with Crippen molar-refractivity contribution < 1.29 is 13.9 Å². The number of hydrogen-bond acceptors (Lipinski definition) is 3. The van der Waals surface area contributed by atoms with Gasteiger partial charge >= 0.3 is 0 Å². The second-order valence-electron chi connectivity index (χ2n) is 4.19. The summed E-state index contributed by atoms with van der Waals surface area (Å²) >= 11 is 3.37. The van der Waals surface area contributed by atoms with Crippen molar-refractivity contribution in [2.75, 3.05) is 32.1 Å². The first-order valence-corrected chi connectivity index (χ1v) is 7.05. The molecule has 0 spiro atoms. The molecule has 0 aliphatic carbocycles. The van der Waals surface area contributed by atoms with Gasteiger partial charge in [0.1, 0.15) is 11.5 Å². The summed E-state index contributed by atoms with van der Waals surface area (Å²) in [7, 11) is 1.63. The Morgan fingerprint density at radius 2 is 1.94 bits per heavy atom. The highest BCUT2D eigenvalue weighted by Crippen LogP contribution is 2.22. The van der Waals surface area contributed by atoms with Crippen molar-refractivity contribution in [2.45, 2.75) is 20.8 Å². The van der Waals surface area contributed by atoms with E-state index in [1.165, 1.54) is 0 Å². The highest BCUT2D eigenvalue weighted by atomic mass is 79.9. The lowest BCUT2D eigenvalue weighted by atomic mass is 10.1. The van der Waals surface area contributed by atoms with Crippen molar-refractivity contribution in [3.05, 3.63) is 22.6 Å². The molecule has 1 amide bonds. The number of furan rings is 1. The fourth-order valence-corrected chi connectivity index (χ4v) is 2.31. The molecule has 0 atom stereocenters. The van der Waals surface area contributed by atoms with Crippen LogP contribution in [0.15, 0.2) is 4.42 Å². The van der Waals surface area contributed by atoms with E-state index in [-0.39, 0.29) is 5.91 Å². The number of halogens is 1. The van der Waals surface area contributed by atoms with E-state index in [9.17, 15) is 4.79 Å². The normalized spacial score (nSPS) is 10.7. The maximum atomic E-state index is 12.5. The van der Waals surface area contributed by atoms with Gasteiger partial charge in [-0.25, -0.2) is 0 Å². The number of carbonyl (C=O) groups excluding carboxylic acids is 1. The van der Waals surface area contributed by atoms with Gasteiger partial charge in [0.2, 0.25) is 0 Å². The number of hydrogen-bond donors (Lipinski definition) is 0. The Morgan fingerprint density at radius 3 is 2.39 bits per heavy atom. The van der Waals surface area contributed by atoms with E-state index in [0.717, 1.165) is 16.7 Å². The monoisotopic (exact) mass is 317 g/mol. The molecule has 0 fully saturated rings. The highest BCUT2D eigenvalue weighted by Gasteiger charge is 2.23. The van der Waals surface area contributed by atoms with Crippen LogP contribution < -0.4 is 0 Å². The fourth-order valence-electron chi connectivity index (χ4n) is 1.88. The summed E-state index contributed by atoms with van der Waals surface area (Å²) in [4.78, 5) is 14.3. The third kappa shape index (κ3) is 3.36. The average molecular weight is 318 g/mol. The Hall–Kier alpha value is -0.810. The molecule has 5 heteroatoms. The number of aryl methyl sites for hydroxylation is 2. The second kappa shape index (κ2) is 6.95. The number of rotatable bonds is 6. The lowest BCUT2D eigenvalue weighted by Crippen LogP contribution is -2.35. The van der Waals surface area contributed by atoms with E-state index in [1.807, 2.05) is 20.8 Å². The van der Waals surface area contributed by atoms with Gasteiger partial charge in [0.25, 0.3) is 5.91 Å². The summed E-state index contributed by atoms with van der Waals surface area (Å²) in [5.41, 5.74) is 1.61. The van der Waals surface area contributed by atoms with Gasteiger partial charge in [-0.15, -0.1) is 0 Å². The van der Waals surface area contributed by atoms with Gasteiger partial charge in [0, 0.05) is 31.1 Å². The molecule has 0 saturated carbocycles. The molecular weight excluding hydrogens is 298 g/mol. The zero-order valence-corrected chi connectivity index (χ0v) is 13.0. The van der Waals surface area contributed by atoms with Crippen LogP contribution in [0.2, 0.25) is 0 Å². The van der Waals surface area contributed by atoms with E-state index in [4.69, 9.17) is 9.15 Å². The molecule has 0 radical (unpaired) electrons. The quantitative estimate of drug-likeness (QED) is 0.758. The second-order valence-corrected chi connectivity index (χ2v) is 4.98. The predicted molar refractivity (Wildman–Crippen MR) is 74.5 cm³/mol. The lowest BCUT2D eigenvalue weighted by molar-refractivity contribution is 0.0706. The summed E-state index contributed by atoms with van der Waals surface area (Å²) in [5, 5.41) is 0.747. The summed E-state index contributed by atoms with van der Waals surface area (Å²) in [5.74, 6) is 1.51. The van der Waals surface area contributed by atoms with Crippen molar-refractivity contribution in [3.63, 3.8) is 0 Å². The van der Waals surface area contributed by atoms with Gasteiger partial charge in [-0.2, -0.15) is 0 Å². The summed E-state index contributed by atoms with van der Waals surface area (Å²) in [6.07, 6.45) is 0. The molecule has 102 valence electrons. The SMILES string of the molecule is COCCN(CCBr)C(=O)c1c(C)oc(C)c1C. The standard InChI is InChI=1S/C13H20BrNO3/c1-9-10(2)18-11(3)12(9)13(16)15(6-5-14)7-8-17-4/h5-8H2,1-4H3. The molecule has 18 heavy (non-hydrogen) atoms. The topological polar surface area (TPSA) is 42.7 Å². The number of nitrogens with zero attached hydrogens (tertiary/aromatic N) is 1. The minimum atomic E-state index is 0.0124. The van der Waals surface area contributed by atoms with Crippen molar-refractivity contribution in [1.82, 2.24) is 4.90 Å². The third-order valence-corrected chi connectivity index (χ3v) is 3.34. The number of amides is 1. The maximum absolute atomic E-state index is 12.5. The highest BCUT2D eigenvalue weighted by molar-refractivity contribution is 9.09. The molecule has 4 nitrogen and oxygen atoms in total. The van der Waals surface area contributed by atoms with Gasteiger partial charge in [-0.1, -0.05) is 15.9 Å². The van der Waals surface area contributed by atoms with Gasteiger partial charge in [-0.05, 0) is 20.8 Å². The van der Waals surface area contributed by atoms with Gasteiger partial charge in [0.15, 0.2) is 0 Å². The van der Waals surface area contributed by atoms with E-state index >= 15 is 0 Å². The Bertz CT molecular complexity index is 415. The lowest BCUT2D eigenvalue weighted by Gasteiger charge is -2.21. The first-order valence-electron chi connectivity index (χ1n) is 5.93. The van der Waals surface area contributed by atoms with Crippen LogP contribution in [0.5, 0.6) is 0 Å². The van der Waals surface area contributed by atoms with E-state index in [0.29, 0.717) is 31.0 Å². The Morgan fingerprint density at radius 1 is 1.28 bits per heavy atom. The molecule has 0 N–H and O–H groups in total. The zero-order valence-electron chi connectivity index (χ0n) is 11.4. The van der Waals surface area contributed by atoms with Crippen LogP contribution in [0, 0.1) is 20.8 Å². The molecule has 0 aliphatic heterocycles. The molecule has 0 saturated heterocycles. The third-order valence-electron chi connectivity index (χ3n) is 2.98. The Labute approximate surface area is 116 Å². The number of alkyl halides is 1. The van der Waals surface area contributed by atoms with Gasteiger partial charge < -0.3 is 14.1 Å². The molecule has 1 aromatic heterocycles. The predicted octanol–water partition coefficient (Wildman–Crippen LogP) is 2.69. The Kier molecular flexibility index (Phi) is 5.88. The summed E-state index contributed by atoms with van der Waals surface area (Å²) < 4.78 is 10.5. The minimum absolute atomic E-state index is 0.0124. The van der Waals surface area contributed by atoms with Crippen LogP contribution in [0.1, 0.15) is 27.4 Å². The number of carbonyl (C=O) groups is 1. The van der Waals surface area contributed by atoms with Crippen LogP contribution in [-0.2, 0) is 4.74 Å². The molecule has 0 unspecified atom stereocenters. The van der Waals surface area contributed by atoms with E-state index < -0.39 is 0 Å². The largest absolute Gasteiger partial charge is 0.466 e. The molecule has 0 aliphatic rings. The molecule has 1 heterocycles. The van der Waals surface area contributed by atoms with E-state index in [1.54, 1.807) is 12.0 Å². The van der Waals surface area contributed by atoms with Gasteiger partial charge in [-0.3, -0.25) is 4.79 Å². The van der Waals surface area contributed by atoms with Crippen LogP contribution in [-0.4, -0.2) is 42.9 Å². The molecular formula is C13H20BrNO3. The molecule has 0 aromatic carbocycles. The molecule has 1 aromatic rings. The van der Waals surface area contributed by atoms with Crippen molar-refractivity contribution in [3.8, 4) is 0 Å². The molecule has 0 bridgehead atoms. The van der Waals surface area contributed by atoms with Crippen LogP contribution in [0.4, 0.5) is 0 Å². The average Bonchev–Trinajstić information content (AvgIpc) is 2.58. The first kappa shape index (κ1) is 15.2. The maximum Gasteiger partial charge on any atom is 0.257 e. The molecule has 1 rings (SSSR count). The minimum Gasteiger partial charge on any atom is -0.466 e. The zero-order chi connectivity index (χ0) is 13.7. The number of ether oxygens (including phenoxy) is 1. The van der Waals surface area contributed by atoms with E-state index in [2.05, 4.69) is 15.9 Å². The van der Waals surface area contributed by atoms with Crippen LogP contribution in [0.3, 0.4) is 0 Å². The van der Waals surface area contributed by atoms with Crippen molar-refractivity contribution in [2.24, 2.45) is 0 Å². The summed E-state index contributed by atoms with van der Waals surface area (Å²) in [6.45, 7) is 7.41. The van der Waals surface area contributed by atoms with Gasteiger partial charge in [0.05, 0.1) is 12.2 Å². The Balaban J connectivity index is 2.94. The summed E-state index contributed by atoms with van der Waals surface area (Å²) in [6, 6.07) is 0. The first-order chi connectivity index (χ1) is 8.52. The number of methoxy groups -OCH3 is 1. The fraction of sp³-hybridized carbons (Fsp3) is 0.615. The van der Waals surface area contributed by atoms with Crippen molar-refractivity contribution >= 4 is 21.8 Å².